The minimum Gasteiger partial charge on any atom is -0.393 e. The van der Waals surface area contributed by atoms with Crippen molar-refractivity contribution in [2.24, 2.45) is 5.41 Å². The van der Waals surface area contributed by atoms with E-state index in [1.165, 1.54) is 0 Å². The van der Waals surface area contributed by atoms with Crippen molar-refractivity contribution >= 4 is 11.3 Å². The molecule has 1 N–H and O–H groups in total. The normalized spacial score (nSPS) is 14.4. The van der Waals surface area contributed by atoms with Crippen molar-refractivity contribution in [2.75, 3.05) is 13.6 Å². The molecule has 0 bridgehead atoms. The molecule has 1 aromatic heterocycles. The van der Waals surface area contributed by atoms with Crippen LogP contribution in [0.1, 0.15) is 31.5 Å². The Morgan fingerprint density at radius 2 is 2.19 bits per heavy atom. The van der Waals surface area contributed by atoms with Crippen LogP contribution in [0.2, 0.25) is 0 Å². The van der Waals surface area contributed by atoms with Gasteiger partial charge in [0.1, 0.15) is 0 Å². The first kappa shape index (κ1) is 13.6. The number of aliphatic hydroxyl groups is 1. The van der Waals surface area contributed by atoms with E-state index in [4.69, 9.17) is 0 Å². The number of rotatable bonds is 5. The zero-order chi connectivity index (χ0) is 12.3. The summed E-state index contributed by atoms with van der Waals surface area (Å²) in [4.78, 5) is 6.65. The first-order valence-corrected chi connectivity index (χ1v) is 6.47. The molecule has 0 radical (unpaired) electrons. The molecule has 1 atom stereocenters. The van der Waals surface area contributed by atoms with Gasteiger partial charge < -0.3 is 5.11 Å². The lowest BCUT2D eigenvalue weighted by Crippen LogP contribution is -2.38. The van der Waals surface area contributed by atoms with Gasteiger partial charge in [0.05, 0.1) is 16.8 Å². The summed E-state index contributed by atoms with van der Waals surface area (Å²) in [6.07, 6.45) is -0.299. The maximum atomic E-state index is 9.66. The summed E-state index contributed by atoms with van der Waals surface area (Å²) in [5, 5.41) is 12.9. The highest BCUT2D eigenvalue weighted by molar-refractivity contribution is 7.09. The monoisotopic (exact) mass is 242 g/mol. The van der Waals surface area contributed by atoms with Crippen molar-refractivity contribution in [3.8, 4) is 0 Å². The van der Waals surface area contributed by atoms with E-state index in [1.807, 2.05) is 13.8 Å². The smallest absolute Gasteiger partial charge is 0.0897 e. The van der Waals surface area contributed by atoms with Crippen LogP contribution >= 0.6 is 11.3 Å². The average Bonchev–Trinajstić information content (AvgIpc) is 2.49. The third-order valence-electron chi connectivity index (χ3n) is 2.91. The van der Waals surface area contributed by atoms with Gasteiger partial charge in [-0.3, -0.25) is 4.90 Å². The fraction of sp³-hybridized carbons (Fsp3) is 0.750. The molecular weight excluding hydrogens is 220 g/mol. The minimum atomic E-state index is -0.299. The van der Waals surface area contributed by atoms with Crippen LogP contribution in [0.3, 0.4) is 0 Å². The Morgan fingerprint density at radius 1 is 1.56 bits per heavy atom. The first-order valence-electron chi connectivity index (χ1n) is 5.59. The average molecular weight is 242 g/mol. The Kier molecular flexibility index (Phi) is 4.47. The van der Waals surface area contributed by atoms with Crippen molar-refractivity contribution in [3.63, 3.8) is 0 Å². The number of nitrogens with zero attached hydrogens (tertiary/aromatic N) is 2. The summed E-state index contributed by atoms with van der Waals surface area (Å²) >= 11 is 1.68. The van der Waals surface area contributed by atoms with Crippen LogP contribution in [-0.4, -0.2) is 34.7 Å². The molecule has 0 aliphatic rings. The number of hydrogen-bond acceptors (Lipinski definition) is 4. The molecule has 0 saturated heterocycles. The molecular formula is C12H22N2OS. The Hall–Kier alpha value is -0.450. The molecule has 0 aliphatic carbocycles. The maximum absolute atomic E-state index is 9.66. The third-order valence-corrected chi connectivity index (χ3v) is 3.73. The second-order valence-corrected chi connectivity index (χ2v) is 6.26. The number of hydrogen-bond donors (Lipinski definition) is 1. The van der Waals surface area contributed by atoms with Crippen molar-refractivity contribution < 1.29 is 5.11 Å². The van der Waals surface area contributed by atoms with Gasteiger partial charge in [0.2, 0.25) is 0 Å². The second-order valence-electron chi connectivity index (χ2n) is 5.19. The predicted octanol–water partition coefficient (Wildman–Crippen LogP) is 2.29. The summed E-state index contributed by atoms with van der Waals surface area (Å²) < 4.78 is 0. The van der Waals surface area contributed by atoms with Gasteiger partial charge in [-0.2, -0.15) is 0 Å². The molecule has 0 spiro atoms. The molecule has 1 unspecified atom stereocenters. The fourth-order valence-corrected chi connectivity index (χ4v) is 2.24. The second kappa shape index (κ2) is 5.25. The maximum Gasteiger partial charge on any atom is 0.0897 e. The SMILES string of the molecule is Cc1nc(CN(C)CC(C)(C)C(C)O)cs1. The predicted molar refractivity (Wildman–Crippen MR) is 68.6 cm³/mol. The number of aromatic nitrogens is 1. The van der Waals surface area contributed by atoms with E-state index in [2.05, 4.69) is 36.2 Å². The minimum absolute atomic E-state index is 0.0835. The Bertz CT molecular complexity index is 334. The summed E-state index contributed by atoms with van der Waals surface area (Å²) in [5.74, 6) is 0. The highest BCUT2D eigenvalue weighted by atomic mass is 32.1. The van der Waals surface area contributed by atoms with Crippen molar-refractivity contribution in [1.82, 2.24) is 9.88 Å². The van der Waals surface area contributed by atoms with Gasteiger partial charge in [-0.25, -0.2) is 4.98 Å². The Labute approximate surface area is 102 Å². The summed E-state index contributed by atoms with van der Waals surface area (Å²) in [7, 11) is 2.07. The van der Waals surface area contributed by atoms with Gasteiger partial charge in [-0.15, -0.1) is 11.3 Å². The molecule has 0 saturated carbocycles. The van der Waals surface area contributed by atoms with E-state index in [9.17, 15) is 5.11 Å². The number of thiazole rings is 1. The van der Waals surface area contributed by atoms with E-state index < -0.39 is 0 Å². The van der Waals surface area contributed by atoms with E-state index in [-0.39, 0.29) is 11.5 Å². The topological polar surface area (TPSA) is 36.4 Å². The zero-order valence-electron chi connectivity index (χ0n) is 10.8. The van der Waals surface area contributed by atoms with Crippen LogP contribution in [0.5, 0.6) is 0 Å². The van der Waals surface area contributed by atoms with E-state index in [1.54, 1.807) is 11.3 Å². The Balaban J connectivity index is 2.50. The summed E-state index contributed by atoms with van der Waals surface area (Å²) in [6, 6.07) is 0. The van der Waals surface area contributed by atoms with Crippen molar-refractivity contribution in [2.45, 2.75) is 40.3 Å². The molecule has 3 nitrogen and oxygen atoms in total. The van der Waals surface area contributed by atoms with Crippen LogP contribution in [-0.2, 0) is 6.54 Å². The molecule has 16 heavy (non-hydrogen) atoms. The van der Waals surface area contributed by atoms with Gasteiger partial charge in [0.15, 0.2) is 0 Å². The van der Waals surface area contributed by atoms with Gasteiger partial charge in [0.25, 0.3) is 0 Å². The quantitative estimate of drug-likeness (QED) is 0.860. The van der Waals surface area contributed by atoms with Crippen LogP contribution in [0.4, 0.5) is 0 Å². The molecule has 0 aliphatic heterocycles. The zero-order valence-corrected chi connectivity index (χ0v) is 11.6. The van der Waals surface area contributed by atoms with Crippen LogP contribution in [0.15, 0.2) is 5.38 Å². The summed E-state index contributed by atoms with van der Waals surface area (Å²) in [6.45, 7) is 9.75. The lowest BCUT2D eigenvalue weighted by Gasteiger charge is -2.32. The van der Waals surface area contributed by atoms with E-state index in [0.717, 1.165) is 23.8 Å². The standard InChI is InChI=1S/C12H22N2OS/c1-9(15)12(3,4)8-14(5)6-11-7-16-10(2)13-11/h7,9,15H,6,8H2,1-5H3. The molecule has 4 heteroatoms. The molecule has 0 amide bonds. The van der Waals surface area contributed by atoms with E-state index >= 15 is 0 Å². The number of aliphatic hydroxyl groups excluding tert-OH is 1. The Morgan fingerprint density at radius 3 is 2.62 bits per heavy atom. The van der Waals surface area contributed by atoms with Crippen molar-refractivity contribution in [3.05, 3.63) is 16.1 Å². The molecule has 92 valence electrons. The molecule has 1 rings (SSSR count). The highest BCUT2D eigenvalue weighted by Gasteiger charge is 2.25. The van der Waals surface area contributed by atoms with Crippen molar-refractivity contribution in [1.29, 1.82) is 0 Å². The lowest BCUT2D eigenvalue weighted by atomic mass is 9.87. The summed E-state index contributed by atoms with van der Waals surface area (Å²) in [5.41, 5.74) is 1.03. The molecule has 0 fully saturated rings. The largest absolute Gasteiger partial charge is 0.393 e. The molecule has 1 aromatic rings. The highest BCUT2D eigenvalue weighted by Crippen LogP contribution is 2.22. The fourth-order valence-electron chi connectivity index (χ4n) is 1.64. The van der Waals surface area contributed by atoms with Gasteiger partial charge in [-0.1, -0.05) is 13.8 Å². The molecule has 1 heterocycles. The lowest BCUT2D eigenvalue weighted by molar-refractivity contribution is 0.0389. The van der Waals surface area contributed by atoms with Gasteiger partial charge >= 0.3 is 0 Å². The van der Waals surface area contributed by atoms with Crippen LogP contribution in [0.25, 0.3) is 0 Å². The molecule has 0 aromatic carbocycles. The first-order chi connectivity index (χ1) is 7.31. The van der Waals surface area contributed by atoms with Crippen LogP contribution < -0.4 is 0 Å². The van der Waals surface area contributed by atoms with E-state index in [0.29, 0.717) is 0 Å². The van der Waals surface area contributed by atoms with Gasteiger partial charge in [0, 0.05) is 23.9 Å². The van der Waals surface area contributed by atoms with Crippen LogP contribution in [0, 0.1) is 12.3 Å². The number of aryl methyl sites for hydroxylation is 1. The van der Waals surface area contributed by atoms with Gasteiger partial charge in [-0.05, 0) is 20.9 Å². The third kappa shape index (κ3) is 3.85.